The molecule has 0 atom stereocenters. The monoisotopic (exact) mass is 311 g/mol. The second kappa shape index (κ2) is 5.77. The van der Waals surface area contributed by atoms with Crippen LogP contribution in [0.4, 0.5) is 13.2 Å². The maximum Gasteiger partial charge on any atom is 0.433 e. The van der Waals surface area contributed by atoms with Crippen LogP contribution in [0.25, 0.3) is 10.9 Å². The van der Waals surface area contributed by atoms with Crippen LogP contribution in [0.3, 0.4) is 0 Å². The van der Waals surface area contributed by atoms with Crippen molar-refractivity contribution in [2.45, 2.75) is 6.18 Å². The molecule has 0 spiro atoms. The molecule has 1 N–H and O–H groups in total. The first-order valence-corrected chi connectivity index (χ1v) is 5.98. The third-order valence-corrected chi connectivity index (χ3v) is 3.02. The van der Waals surface area contributed by atoms with Crippen molar-refractivity contribution in [2.75, 3.05) is 0 Å². The highest BCUT2D eigenvalue weighted by molar-refractivity contribution is 5.85. The minimum absolute atomic E-state index is 0. The number of pyridine rings is 1. The van der Waals surface area contributed by atoms with Gasteiger partial charge in [0.05, 0.1) is 0 Å². The van der Waals surface area contributed by atoms with Gasteiger partial charge < -0.3 is 4.98 Å². The molecule has 2 aromatic heterocycles. The normalized spacial score (nSPS) is 11.4. The van der Waals surface area contributed by atoms with Crippen molar-refractivity contribution < 1.29 is 13.2 Å². The summed E-state index contributed by atoms with van der Waals surface area (Å²) >= 11 is 0. The molecule has 1 radical (unpaired) electrons. The minimum Gasteiger partial charge on any atom is -0.361 e. The van der Waals surface area contributed by atoms with Crippen molar-refractivity contribution >= 4 is 23.3 Å². The molecule has 0 unspecified atom stereocenters. The SMILES string of the molecule is Cl.FC(F)(F)c1ccc([CH]c2c[nH]c3ccccc23)cn1. The minimum atomic E-state index is -4.40. The molecule has 1 aromatic carbocycles. The van der Waals surface area contributed by atoms with E-state index in [9.17, 15) is 13.2 Å². The van der Waals surface area contributed by atoms with Crippen molar-refractivity contribution in [3.8, 4) is 0 Å². The Morgan fingerprint density at radius 3 is 2.48 bits per heavy atom. The maximum atomic E-state index is 12.4. The Hall–Kier alpha value is -2.01. The molecule has 0 fully saturated rings. The van der Waals surface area contributed by atoms with E-state index in [1.807, 2.05) is 30.5 Å². The van der Waals surface area contributed by atoms with Gasteiger partial charge in [-0.05, 0) is 23.3 Å². The van der Waals surface area contributed by atoms with Gasteiger partial charge in [0.2, 0.25) is 0 Å². The van der Waals surface area contributed by atoms with E-state index in [0.29, 0.717) is 5.56 Å². The van der Waals surface area contributed by atoms with Crippen LogP contribution in [0.15, 0.2) is 48.8 Å². The molecule has 0 saturated heterocycles. The summed E-state index contributed by atoms with van der Waals surface area (Å²) in [5.74, 6) is 0. The lowest BCUT2D eigenvalue weighted by Gasteiger charge is -2.06. The number of nitrogens with one attached hydrogen (secondary N) is 1. The van der Waals surface area contributed by atoms with Crippen LogP contribution in [0, 0.1) is 6.42 Å². The van der Waals surface area contributed by atoms with Gasteiger partial charge in [0.15, 0.2) is 0 Å². The van der Waals surface area contributed by atoms with E-state index in [2.05, 4.69) is 9.97 Å². The van der Waals surface area contributed by atoms with Crippen LogP contribution in [-0.2, 0) is 6.18 Å². The van der Waals surface area contributed by atoms with Gasteiger partial charge >= 0.3 is 6.18 Å². The molecule has 2 heterocycles. The summed E-state index contributed by atoms with van der Waals surface area (Å²) in [6.45, 7) is 0. The predicted molar refractivity (Wildman–Crippen MR) is 77.3 cm³/mol. The van der Waals surface area contributed by atoms with E-state index >= 15 is 0 Å². The van der Waals surface area contributed by atoms with Crippen LogP contribution in [0.2, 0.25) is 0 Å². The highest BCUT2D eigenvalue weighted by Gasteiger charge is 2.31. The average molecular weight is 312 g/mol. The first-order valence-electron chi connectivity index (χ1n) is 5.98. The zero-order chi connectivity index (χ0) is 14.2. The molecule has 21 heavy (non-hydrogen) atoms. The van der Waals surface area contributed by atoms with Crippen molar-refractivity contribution in [2.24, 2.45) is 0 Å². The molecule has 0 aliphatic heterocycles. The van der Waals surface area contributed by atoms with Crippen LogP contribution < -0.4 is 0 Å². The van der Waals surface area contributed by atoms with Gasteiger partial charge in [-0.25, -0.2) is 0 Å². The number of aromatic amines is 1. The van der Waals surface area contributed by atoms with E-state index in [0.717, 1.165) is 22.5 Å². The molecule has 0 amide bonds. The lowest BCUT2D eigenvalue weighted by molar-refractivity contribution is -0.141. The number of benzene rings is 1. The highest BCUT2D eigenvalue weighted by atomic mass is 35.5. The number of H-pyrrole nitrogens is 1. The fourth-order valence-electron chi connectivity index (χ4n) is 2.05. The lowest BCUT2D eigenvalue weighted by atomic mass is 10.1. The summed E-state index contributed by atoms with van der Waals surface area (Å²) in [5.41, 5.74) is 1.65. The second-order valence-electron chi connectivity index (χ2n) is 4.41. The molecule has 2 nitrogen and oxygen atoms in total. The first-order chi connectivity index (χ1) is 9.54. The molecular formula is C15H11ClF3N2. The highest BCUT2D eigenvalue weighted by Crippen LogP contribution is 2.28. The fraction of sp³-hybridized carbons (Fsp3) is 0.0667. The zero-order valence-corrected chi connectivity index (χ0v) is 11.5. The van der Waals surface area contributed by atoms with Gasteiger partial charge in [0.1, 0.15) is 5.69 Å². The van der Waals surface area contributed by atoms with Crippen molar-refractivity contribution in [1.29, 1.82) is 0 Å². The Kier molecular flexibility index (Phi) is 4.23. The Labute approximate surface area is 125 Å². The molecule has 0 saturated carbocycles. The first kappa shape index (κ1) is 15.4. The van der Waals surface area contributed by atoms with Gasteiger partial charge in [-0.2, -0.15) is 13.2 Å². The summed E-state index contributed by atoms with van der Waals surface area (Å²) < 4.78 is 37.3. The predicted octanol–water partition coefficient (Wildman–Crippen LogP) is 4.60. The Balaban J connectivity index is 0.00000161. The number of halogens is 4. The van der Waals surface area contributed by atoms with Crippen LogP contribution in [0.1, 0.15) is 16.8 Å². The van der Waals surface area contributed by atoms with Gasteiger partial charge in [0.25, 0.3) is 0 Å². The number of fused-ring (bicyclic) bond motifs is 1. The van der Waals surface area contributed by atoms with Crippen molar-refractivity contribution in [3.05, 3.63) is 72.0 Å². The van der Waals surface area contributed by atoms with Crippen LogP contribution in [0.5, 0.6) is 0 Å². The lowest BCUT2D eigenvalue weighted by Crippen LogP contribution is -2.07. The molecule has 0 bridgehead atoms. The number of hydrogen-bond donors (Lipinski definition) is 1. The largest absolute Gasteiger partial charge is 0.433 e. The van der Waals surface area contributed by atoms with Crippen LogP contribution >= 0.6 is 12.4 Å². The topological polar surface area (TPSA) is 28.7 Å². The number of rotatable bonds is 2. The van der Waals surface area contributed by atoms with E-state index in [1.54, 1.807) is 6.42 Å². The molecule has 6 heteroatoms. The molecule has 109 valence electrons. The molecular weight excluding hydrogens is 301 g/mol. The summed E-state index contributed by atoms with van der Waals surface area (Å²) in [7, 11) is 0. The smallest absolute Gasteiger partial charge is 0.361 e. The van der Waals surface area contributed by atoms with Crippen LogP contribution in [-0.4, -0.2) is 9.97 Å². The third kappa shape index (κ3) is 3.19. The summed E-state index contributed by atoms with van der Waals surface area (Å²) in [6, 6.07) is 10.1. The number of nitrogens with zero attached hydrogens (tertiary/aromatic N) is 1. The standard InChI is InChI=1S/C15H10F3N2.ClH/c16-15(17,18)14-6-5-10(8-20-14)7-11-9-19-13-4-2-1-3-12(11)13;/h1-9,19H;1H. The maximum absolute atomic E-state index is 12.4. The Morgan fingerprint density at radius 1 is 1.05 bits per heavy atom. The van der Waals surface area contributed by atoms with E-state index < -0.39 is 11.9 Å². The van der Waals surface area contributed by atoms with Gasteiger partial charge in [-0.3, -0.25) is 4.98 Å². The van der Waals surface area contributed by atoms with Gasteiger partial charge in [-0.15, -0.1) is 12.4 Å². The van der Waals surface area contributed by atoms with Crippen molar-refractivity contribution in [3.63, 3.8) is 0 Å². The van der Waals surface area contributed by atoms with Crippen molar-refractivity contribution in [1.82, 2.24) is 9.97 Å². The molecule has 0 aliphatic carbocycles. The number of para-hydroxylation sites is 1. The average Bonchev–Trinajstić information content (AvgIpc) is 2.82. The molecule has 0 aliphatic rings. The number of alkyl halides is 3. The van der Waals surface area contributed by atoms with Gasteiger partial charge in [-0.1, -0.05) is 24.3 Å². The zero-order valence-electron chi connectivity index (χ0n) is 10.7. The molecule has 3 rings (SSSR count). The number of aromatic nitrogens is 2. The summed E-state index contributed by atoms with van der Waals surface area (Å²) in [6.07, 6.45) is 0.443. The second-order valence-corrected chi connectivity index (χ2v) is 4.41. The van der Waals surface area contributed by atoms with E-state index in [1.165, 1.54) is 12.3 Å². The molecule has 3 aromatic rings. The van der Waals surface area contributed by atoms with E-state index in [4.69, 9.17) is 0 Å². The summed E-state index contributed by atoms with van der Waals surface area (Å²) in [5, 5.41) is 1.02. The fourth-order valence-corrected chi connectivity index (χ4v) is 2.05. The summed E-state index contributed by atoms with van der Waals surface area (Å²) in [4.78, 5) is 6.56. The van der Waals surface area contributed by atoms with E-state index in [-0.39, 0.29) is 12.4 Å². The third-order valence-electron chi connectivity index (χ3n) is 3.02. The quantitative estimate of drug-likeness (QED) is 0.736. The van der Waals surface area contributed by atoms with Gasteiger partial charge in [0, 0.05) is 29.7 Å². The Bertz CT molecular complexity index is 733. The Morgan fingerprint density at radius 2 is 1.81 bits per heavy atom. The number of hydrogen-bond acceptors (Lipinski definition) is 1.